The van der Waals surface area contributed by atoms with Crippen molar-refractivity contribution in [2.45, 2.75) is 43.9 Å². The van der Waals surface area contributed by atoms with Gasteiger partial charge in [-0.1, -0.05) is 48.0 Å². The average Bonchev–Trinajstić information content (AvgIpc) is 3.10. The Morgan fingerprint density at radius 1 is 1.06 bits per heavy atom. The summed E-state index contributed by atoms with van der Waals surface area (Å²) in [5, 5.41) is 9.79. The number of aliphatic hydroxyl groups excluding tert-OH is 1. The van der Waals surface area contributed by atoms with E-state index in [2.05, 4.69) is 0 Å². The third-order valence-corrected chi connectivity index (χ3v) is 8.33. The van der Waals surface area contributed by atoms with E-state index in [4.69, 9.17) is 16.3 Å². The maximum Gasteiger partial charge on any atom is 0.253 e. The second kappa shape index (κ2) is 9.01. The lowest BCUT2D eigenvalue weighted by atomic mass is 9.74. The Morgan fingerprint density at radius 2 is 1.81 bits per heavy atom. The smallest absolute Gasteiger partial charge is 0.253 e. The summed E-state index contributed by atoms with van der Waals surface area (Å²) in [4.78, 5) is 46.8. The van der Waals surface area contributed by atoms with E-state index in [0.717, 1.165) is 5.56 Å². The Morgan fingerprint density at radius 3 is 2.53 bits per heavy atom. The highest BCUT2D eigenvalue weighted by atomic mass is 35.5. The molecule has 0 aromatic heterocycles. The maximum absolute atomic E-state index is 14.4. The highest BCUT2D eigenvalue weighted by Gasteiger charge is 2.74. The first kappa shape index (κ1) is 25.0. The van der Waals surface area contributed by atoms with E-state index >= 15 is 0 Å². The third kappa shape index (κ3) is 3.53. The third-order valence-electron chi connectivity index (χ3n) is 8.02. The summed E-state index contributed by atoms with van der Waals surface area (Å²) >= 11 is 6.56. The summed E-state index contributed by atoms with van der Waals surface area (Å²) in [6.07, 6.45) is 8.46. The minimum absolute atomic E-state index is 0.00860. The minimum Gasteiger partial charge on any atom is -0.396 e. The van der Waals surface area contributed by atoms with Crippen molar-refractivity contribution < 1.29 is 24.2 Å². The molecule has 4 aliphatic heterocycles. The lowest BCUT2D eigenvalue weighted by molar-refractivity contribution is -0.148. The van der Waals surface area contributed by atoms with E-state index in [1.807, 2.05) is 50.3 Å². The van der Waals surface area contributed by atoms with Crippen LogP contribution in [-0.4, -0.2) is 83.2 Å². The summed E-state index contributed by atoms with van der Waals surface area (Å²) < 4.78 is 6.76. The zero-order valence-corrected chi connectivity index (χ0v) is 21.6. The number of fused-ring (bicyclic) bond motifs is 2. The quantitative estimate of drug-likeness (QED) is 0.482. The van der Waals surface area contributed by atoms with Crippen molar-refractivity contribution in [1.82, 2.24) is 9.80 Å². The lowest BCUT2D eigenvalue weighted by Crippen LogP contribution is -2.56. The van der Waals surface area contributed by atoms with Gasteiger partial charge in [-0.3, -0.25) is 14.4 Å². The van der Waals surface area contributed by atoms with Gasteiger partial charge in [-0.15, -0.1) is 0 Å². The number of nitrogens with zero attached hydrogens (tertiary/aromatic N) is 3. The van der Waals surface area contributed by atoms with Crippen LogP contribution in [0, 0.1) is 18.8 Å². The van der Waals surface area contributed by atoms with Gasteiger partial charge in [0.15, 0.2) is 0 Å². The van der Waals surface area contributed by atoms with Gasteiger partial charge in [0, 0.05) is 33.3 Å². The van der Waals surface area contributed by atoms with E-state index in [-0.39, 0.29) is 37.4 Å². The Balaban J connectivity index is 1.65. The second-order valence-electron chi connectivity index (χ2n) is 10.3. The monoisotopic (exact) mass is 513 g/mol. The van der Waals surface area contributed by atoms with Crippen LogP contribution < -0.4 is 4.90 Å². The highest BCUT2D eigenvalue weighted by Crippen LogP contribution is 2.57. The van der Waals surface area contributed by atoms with Gasteiger partial charge in [0.1, 0.15) is 11.6 Å². The summed E-state index contributed by atoms with van der Waals surface area (Å²) in [5.41, 5.74) is -0.879. The maximum atomic E-state index is 14.4. The Bertz CT molecular complexity index is 1150. The fraction of sp³-hybridized carbons (Fsp3) is 0.519. The number of hydrogen-bond acceptors (Lipinski definition) is 5. The number of rotatable bonds is 5. The summed E-state index contributed by atoms with van der Waals surface area (Å²) in [5.74, 6) is -2.32. The first-order chi connectivity index (χ1) is 17.2. The number of halogens is 1. The van der Waals surface area contributed by atoms with Crippen LogP contribution in [0.5, 0.6) is 0 Å². The molecule has 192 valence electrons. The van der Waals surface area contributed by atoms with E-state index < -0.39 is 29.1 Å². The zero-order chi connectivity index (χ0) is 25.8. The lowest BCUT2D eigenvalue weighted by Gasteiger charge is -2.37. The first-order valence-corrected chi connectivity index (χ1v) is 12.8. The van der Waals surface area contributed by atoms with Crippen molar-refractivity contribution in [2.24, 2.45) is 11.8 Å². The average molecular weight is 514 g/mol. The van der Waals surface area contributed by atoms with Crippen LogP contribution in [0.15, 0.2) is 42.5 Å². The van der Waals surface area contributed by atoms with E-state index in [1.54, 1.807) is 27.8 Å². The van der Waals surface area contributed by atoms with Gasteiger partial charge < -0.3 is 24.5 Å². The van der Waals surface area contributed by atoms with Crippen LogP contribution in [0.1, 0.15) is 25.3 Å². The standard InChI is InChI=1S/C27H32ClN3O5/c1-17-9-6-10-18(28)21(17)30-15-8-12-27-20(19-23(33)29(3)13-7-11-26(19,2)36-27)24(34)31(14-4-5-16-32)22(27)25(30)35/h6-12,19-20,22,32H,4-5,13-16H2,1-3H3/t19-,20-,22?,26+,27-/m0/s1. The number of unbranched alkanes of at least 4 members (excludes halogenated alkanes) is 1. The fourth-order valence-corrected chi connectivity index (χ4v) is 6.77. The molecule has 36 heavy (non-hydrogen) atoms. The van der Waals surface area contributed by atoms with Crippen LogP contribution >= 0.6 is 11.6 Å². The topological polar surface area (TPSA) is 90.4 Å². The van der Waals surface area contributed by atoms with Gasteiger partial charge >= 0.3 is 0 Å². The van der Waals surface area contributed by atoms with Crippen LogP contribution in [0.2, 0.25) is 5.02 Å². The molecule has 1 aromatic rings. The Hall–Kier alpha value is -2.68. The summed E-state index contributed by atoms with van der Waals surface area (Å²) in [7, 11) is 1.72. The number of aryl methyl sites for hydroxylation is 1. The van der Waals surface area contributed by atoms with Gasteiger partial charge in [-0.25, -0.2) is 0 Å². The highest BCUT2D eigenvalue weighted by molar-refractivity contribution is 6.34. The predicted molar refractivity (Wildman–Crippen MR) is 135 cm³/mol. The van der Waals surface area contributed by atoms with Crippen LogP contribution in [0.25, 0.3) is 0 Å². The molecule has 2 saturated heterocycles. The number of likely N-dealkylation sites (tertiary alicyclic amines) is 1. The SMILES string of the molecule is Cc1cccc(Cl)c1N1CC=C[C@]23O[C@]4(C)C=CCN(C)C(=O)[C@@H]4[C@H]2C(=O)N(CCCCO)C3C1=O. The molecule has 8 nitrogen and oxygen atoms in total. The molecule has 9 heteroatoms. The van der Waals surface area contributed by atoms with Crippen LogP contribution in [0.3, 0.4) is 0 Å². The Labute approximate surface area is 216 Å². The van der Waals surface area contributed by atoms with E-state index in [9.17, 15) is 19.5 Å². The van der Waals surface area contributed by atoms with Gasteiger partial charge in [0.05, 0.1) is 28.1 Å². The number of ether oxygens (including phenoxy) is 1. The van der Waals surface area contributed by atoms with E-state index in [1.165, 1.54) is 0 Å². The largest absolute Gasteiger partial charge is 0.396 e. The number of amides is 3. The van der Waals surface area contributed by atoms with E-state index in [0.29, 0.717) is 30.1 Å². The van der Waals surface area contributed by atoms with Gasteiger partial charge in [-0.2, -0.15) is 0 Å². The number of likely N-dealkylation sites (N-methyl/N-ethyl adjacent to an activating group) is 1. The van der Waals surface area contributed by atoms with Gasteiger partial charge in [0.2, 0.25) is 11.8 Å². The molecule has 2 fully saturated rings. The number of para-hydroxylation sites is 1. The zero-order valence-electron chi connectivity index (χ0n) is 20.8. The Kier molecular flexibility index (Phi) is 6.25. The molecule has 5 atom stereocenters. The number of carbonyl (C=O) groups excluding carboxylic acids is 3. The van der Waals surface area contributed by atoms with Crippen molar-refractivity contribution >= 4 is 35.0 Å². The molecule has 1 N–H and O–H groups in total. The van der Waals surface area contributed by atoms with Crippen molar-refractivity contribution in [3.63, 3.8) is 0 Å². The van der Waals surface area contributed by atoms with Crippen molar-refractivity contribution in [3.8, 4) is 0 Å². The molecule has 0 saturated carbocycles. The molecular formula is C27H32ClN3O5. The molecule has 4 heterocycles. The van der Waals surface area contributed by atoms with Crippen LogP contribution in [0.4, 0.5) is 5.69 Å². The van der Waals surface area contributed by atoms with Gasteiger partial charge in [-0.05, 0) is 38.3 Å². The number of anilines is 1. The van der Waals surface area contributed by atoms with Crippen molar-refractivity contribution in [3.05, 3.63) is 53.1 Å². The van der Waals surface area contributed by atoms with Gasteiger partial charge in [0.25, 0.3) is 5.91 Å². The normalized spacial score (nSPS) is 33.5. The molecule has 0 radical (unpaired) electrons. The second-order valence-corrected chi connectivity index (χ2v) is 10.7. The first-order valence-electron chi connectivity index (χ1n) is 12.4. The van der Waals surface area contributed by atoms with Crippen molar-refractivity contribution in [1.29, 1.82) is 0 Å². The molecule has 5 rings (SSSR count). The molecule has 1 unspecified atom stereocenters. The summed E-state index contributed by atoms with van der Waals surface area (Å²) in [6.45, 7) is 4.69. The fourth-order valence-electron chi connectivity index (χ4n) is 6.44. The van der Waals surface area contributed by atoms with Crippen molar-refractivity contribution in [2.75, 3.05) is 38.2 Å². The number of hydrogen-bond donors (Lipinski definition) is 1. The predicted octanol–water partition coefficient (Wildman–Crippen LogP) is 2.32. The van der Waals surface area contributed by atoms with Crippen LogP contribution in [-0.2, 0) is 19.1 Å². The molecule has 4 aliphatic rings. The number of carbonyl (C=O) groups is 3. The number of aliphatic hydroxyl groups is 1. The molecule has 0 bridgehead atoms. The minimum atomic E-state index is -1.30. The molecule has 1 aromatic carbocycles. The molecular weight excluding hydrogens is 482 g/mol. The molecule has 0 aliphatic carbocycles. The molecule has 3 amide bonds. The molecule has 1 spiro atoms. The summed E-state index contributed by atoms with van der Waals surface area (Å²) in [6, 6.07) is 4.51. The number of benzene rings is 1.